The van der Waals surface area contributed by atoms with E-state index in [0.29, 0.717) is 6.54 Å². The molecule has 0 radical (unpaired) electrons. The van der Waals surface area contributed by atoms with E-state index in [1.54, 1.807) is 11.3 Å². The Bertz CT molecular complexity index is 224. The molecule has 0 fully saturated rings. The van der Waals surface area contributed by atoms with Crippen molar-refractivity contribution in [3.8, 4) is 0 Å². The standard InChI is InChI=1S/C7H11ClN2S/c8-5-2-4-11-7(5)6(10)1-3-9/h2,4,6H,1,3,9-10H2/t6-/m0/s1. The summed E-state index contributed by atoms with van der Waals surface area (Å²) in [5, 5.41) is 2.70. The summed E-state index contributed by atoms with van der Waals surface area (Å²) in [6, 6.07) is 1.87. The highest BCUT2D eigenvalue weighted by atomic mass is 35.5. The van der Waals surface area contributed by atoms with E-state index in [2.05, 4.69) is 0 Å². The van der Waals surface area contributed by atoms with Gasteiger partial charge in [0, 0.05) is 10.9 Å². The SMILES string of the molecule is NCC[C@H](N)c1sccc1Cl. The van der Waals surface area contributed by atoms with E-state index >= 15 is 0 Å². The fourth-order valence-electron chi connectivity index (χ4n) is 0.881. The molecule has 2 nitrogen and oxygen atoms in total. The van der Waals surface area contributed by atoms with Gasteiger partial charge in [-0.1, -0.05) is 11.6 Å². The van der Waals surface area contributed by atoms with Gasteiger partial charge in [0.1, 0.15) is 0 Å². The summed E-state index contributed by atoms with van der Waals surface area (Å²) in [7, 11) is 0. The third-order valence-electron chi connectivity index (χ3n) is 1.46. The highest BCUT2D eigenvalue weighted by Crippen LogP contribution is 2.28. The van der Waals surface area contributed by atoms with Gasteiger partial charge in [-0.3, -0.25) is 0 Å². The summed E-state index contributed by atoms with van der Waals surface area (Å²) in [5.74, 6) is 0. The molecule has 1 aromatic rings. The fraction of sp³-hybridized carbons (Fsp3) is 0.429. The minimum absolute atomic E-state index is 0.00694. The van der Waals surface area contributed by atoms with Crippen molar-refractivity contribution in [1.29, 1.82) is 0 Å². The molecule has 0 saturated heterocycles. The monoisotopic (exact) mass is 190 g/mol. The van der Waals surface area contributed by atoms with Crippen molar-refractivity contribution in [3.63, 3.8) is 0 Å². The molecule has 11 heavy (non-hydrogen) atoms. The van der Waals surface area contributed by atoms with Crippen LogP contribution in [-0.2, 0) is 0 Å². The Morgan fingerprint density at radius 1 is 1.64 bits per heavy atom. The Hall–Kier alpha value is -0.0900. The molecule has 0 amide bonds. The Morgan fingerprint density at radius 2 is 2.36 bits per heavy atom. The van der Waals surface area contributed by atoms with Crippen molar-refractivity contribution in [2.24, 2.45) is 11.5 Å². The highest BCUT2D eigenvalue weighted by molar-refractivity contribution is 7.10. The van der Waals surface area contributed by atoms with Gasteiger partial charge >= 0.3 is 0 Å². The molecular formula is C7H11ClN2S. The Balaban J connectivity index is 2.67. The third-order valence-corrected chi connectivity index (χ3v) is 2.95. The second-order valence-corrected chi connectivity index (χ2v) is 3.67. The molecule has 1 heterocycles. The molecule has 0 aliphatic carbocycles. The Kier molecular flexibility index (Phi) is 3.33. The van der Waals surface area contributed by atoms with Crippen molar-refractivity contribution in [2.75, 3.05) is 6.54 Å². The van der Waals surface area contributed by atoms with Crippen LogP contribution in [0.4, 0.5) is 0 Å². The molecule has 0 aromatic carbocycles. The zero-order valence-corrected chi connectivity index (χ0v) is 7.66. The van der Waals surface area contributed by atoms with E-state index in [1.165, 1.54) is 0 Å². The lowest BCUT2D eigenvalue weighted by Gasteiger charge is -2.07. The van der Waals surface area contributed by atoms with E-state index in [4.69, 9.17) is 23.1 Å². The Labute approximate surface area is 75.1 Å². The van der Waals surface area contributed by atoms with Gasteiger partial charge < -0.3 is 11.5 Å². The molecule has 4 heteroatoms. The first kappa shape index (κ1) is 9.00. The molecule has 0 saturated carbocycles. The number of rotatable bonds is 3. The average molecular weight is 191 g/mol. The maximum absolute atomic E-state index is 5.86. The second-order valence-electron chi connectivity index (χ2n) is 2.32. The van der Waals surface area contributed by atoms with Crippen molar-refractivity contribution >= 4 is 22.9 Å². The third kappa shape index (κ3) is 2.17. The molecule has 0 unspecified atom stereocenters. The summed E-state index contributed by atoms with van der Waals surface area (Å²) < 4.78 is 0. The van der Waals surface area contributed by atoms with Gasteiger partial charge in [-0.05, 0) is 24.4 Å². The second kappa shape index (κ2) is 4.07. The molecule has 1 atom stereocenters. The van der Waals surface area contributed by atoms with Gasteiger partial charge in [-0.25, -0.2) is 0 Å². The number of halogens is 1. The molecule has 0 spiro atoms. The molecule has 0 aliphatic rings. The van der Waals surface area contributed by atoms with Crippen LogP contribution in [-0.4, -0.2) is 6.54 Å². The van der Waals surface area contributed by atoms with Crippen molar-refractivity contribution in [3.05, 3.63) is 21.3 Å². The topological polar surface area (TPSA) is 52.0 Å². The molecule has 62 valence electrons. The van der Waals surface area contributed by atoms with E-state index < -0.39 is 0 Å². The van der Waals surface area contributed by atoms with Crippen LogP contribution in [0.3, 0.4) is 0 Å². The fourth-order valence-corrected chi connectivity index (χ4v) is 2.12. The predicted octanol–water partition coefficient (Wildman–Crippen LogP) is 1.75. The van der Waals surface area contributed by atoms with E-state index in [-0.39, 0.29) is 6.04 Å². The van der Waals surface area contributed by atoms with Crippen LogP contribution in [0.15, 0.2) is 11.4 Å². The van der Waals surface area contributed by atoms with Crippen LogP contribution in [0.2, 0.25) is 5.02 Å². The molecule has 1 rings (SSSR count). The van der Waals surface area contributed by atoms with Crippen molar-refractivity contribution < 1.29 is 0 Å². The number of thiophene rings is 1. The minimum atomic E-state index is 0.00694. The van der Waals surface area contributed by atoms with Gasteiger partial charge in [0.15, 0.2) is 0 Å². The summed E-state index contributed by atoms with van der Waals surface area (Å²) >= 11 is 7.45. The largest absolute Gasteiger partial charge is 0.330 e. The quantitative estimate of drug-likeness (QED) is 0.763. The van der Waals surface area contributed by atoms with Gasteiger partial charge in [-0.2, -0.15) is 0 Å². The number of nitrogens with two attached hydrogens (primary N) is 2. The number of hydrogen-bond acceptors (Lipinski definition) is 3. The minimum Gasteiger partial charge on any atom is -0.330 e. The van der Waals surface area contributed by atoms with Gasteiger partial charge in [-0.15, -0.1) is 11.3 Å². The maximum Gasteiger partial charge on any atom is 0.0561 e. The Morgan fingerprint density at radius 3 is 2.82 bits per heavy atom. The predicted molar refractivity (Wildman–Crippen MR) is 49.9 cm³/mol. The summed E-state index contributed by atoms with van der Waals surface area (Å²) in [5.41, 5.74) is 11.2. The van der Waals surface area contributed by atoms with Crippen LogP contribution in [0.25, 0.3) is 0 Å². The summed E-state index contributed by atoms with van der Waals surface area (Å²) in [4.78, 5) is 1.04. The van der Waals surface area contributed by atoms with Crippen LogP contribution in [0.1, 0.15) is 17.3 Å². The van der Waals surface area contributed by atoms with E-state index in [1.807, 2.05) is 11.4 Å². The highest BCUT2D eigenvalue weighted by Gasteiger charge is 2.09. The van der Waals surface area contributed by atoms with Gasteiger partial charge in [0.05, 0.1) is 5.02 Å². The number of hydrogen-bond donors (Lipinski definition) is 2. The van der Waals surface area contributed by atoms with Crippen LogP contribution in [0.5, 0.6) is 0 Å². The van der Waals surface area contributed by atoms with Crippen molar-refractivity contribution in [1.82, 2.24) is 0 Å². The first-order valence-electron chi connectivity index (χ1n) is 3.44. The lowest BCUT2D eigenvalue weighted by molar-refractivity contribution is 0.672. The van der Waals surface area contributed by atoms with Gasteiger partial charge in [0.2, 0.25) is 0 Å². The van der Waals surface area contributed by atoms with E-state index in [0.717, 1.165) is 16.3 Å². The first-order chi connectivity index (χ1) is 5.25. The lowest BCUT2D eigenvalue weighted by Crippen LogP contribution is -2.14. The molecular weight excluding hydrogens is 180 g/mol. The normalized spacial score (nSPS) is 13.4. The lowest BCUT2D eigenvalue weighted by atomic mass is 10.2. The van der Waals surface area contributed by atoms with Crippen LogP contribution >= 0.6 is 22.9 Å². The molecule has 0 bridgehead atoms. The summed E-state index contributed by atoms with van der Waals surface area (Å²) in [6.07, 6.45) is 0.792. The molecule has 4 N–H and O–H groups in total. The zero-order valence-electron chi connectivity index (χ0n) is 6.09. The zero-order chi connectivity index (χ0) is 8.27. The smallest absolute Gasteiger partial charge is 0.0561 e. The first-order valence-corrected chi connectivity index (χ1v) is 4.70. The van der Waals surface area contributed by atoms with Gasteiger partial charge in [0.25, 0.3) is 0 Å². The summed E-state index contributed by atoms with van der Waals surface area (Å²) in [6.45, 7) is 0.607. The van der Waals surface area contributed by atoms with Crippen LogP contribution < -0.4 is 11.5 Å². The maximum atomic E-state index is 5.86. The average Bonchev–Trinajstić information content (AvgIpc) is 2.36. The van der Waals surface area contributed by atoms with Crippen LogP contribution in [0, 0.1) is 0 Å². The molecule has 0 aliphatic heterocycles. The molecule has 1 aromatic heterocycles. The van der Waals surface area contributed by atoms with Crippen molar-refractivity contribution in [2.45, 2.75) is 12.5 Å². The van der Waals surface area contributed by atoms with E-state index in [9.17, 15) is 0 Å².